The van der Waals surface area contributed by atoms with Crippen molar-refractivity contribution >= 4 is 27.7 Å². The van der Waals surface area contributed by atoms with Crippen LogP contribution >= 0.6 is 15.9 Å². The zero-order valence-electron chi connectivity index (χ0n) is 11.8. The summed E-state index contributed by atoms with van der Waals surface area (Å²) in [5, 5.41) is 2.92. The molecule has 0 saturated carbocycles. The first-order valence-corrected chi connectivity index (χ1v) is 7.60. The first-order valence-electron chi connectivity index (χ1n) is 6.80. The Hall–Kier alpha value is -1.36. The Balaban J connectivity index is 2.02. The quantitative estimate of drug-likeness (QED) is 0.900. The number of carbonyl (C=O) groups excluding carboxylic acids is 2. The first kappa shape index (κ1) is 15.0. The molecule has 1 aromatic rings. The van der Waals surface area contributed by atoms with Crippen LogP contribution in [0.5, 0.6) is 0 Å². The number of benzene rings is 1. The number of hydrogen-bond acceptors (Lipinski definition) is 2. The van der Waals surface area contributed by atoms with Crippen molar-refractivity contribution in [2.75, 3.05) is 13.1 Å². The van der Waals surface area contributed by atoms with Gasteiger partial charge in [-0.25, -0.2) is 0 Å². The lowest BCUT2D eigenvalue weighted by atomic mass is 10.0. The Kier molecular flexibility index (Phi) is 4.81. The molecule has 1 aliphatic rings. The smallest absolute Gasteiger partial charge is 0.254 e. The van der Waals surface area contributed by atoms with E-state index in [-0.39, 0.29) is 17.9 Å². The van der Waals surface area contributed by atoms with Crippen molar-refractivity contribution in [2.24, 2.45) is 0 Å². The molecule has 1 saturated heterocycles. The topological polar surface area (TPSA) is 49.4 Å². The second kappa shape index (κ2) is 6.39. The van der Waals surface area contributed by atoms with E-state index in [0.717, 1.165) is 28.4 Å². The molecule has 0 spiro atoms. The van der Waals surface area contributed by atoms with Gasteiger partial charge in [0.1, 0.15) is 0 Å². The van der Waals surface area contributed by atoms with Gasteiger partial charge in [0.25, 0.3) is 5.91 Å². The van der Waals surface area contributed by atoms with Gasteiger partial charge in [0.2, 0.25) is 5.91 Å². The van der Waals surface area contributed by atoms with Crippen LogP contribution in [0.15, 0.2) is 22.7 Å². The van der Waals surface area contributed by atoms with Crippen LogP contribution in [0.4, 0.5) is 0 Å². The van der Waals surface area contributed by atoms with E-state index in [2.05, 4.69) is 21.2 Å². The van der Waals surface area contributed by atoms with Gasteiger partial charge >= 0.3 is 0 Å². The van der Waals surface area contributed by atoms with Crippen LogP contribution in [-0.2, 0) is 4.79 Å². The molecular formula is C15H19BrN2O2. The van der Waals surface area contributed by atoms with E-state index in [1.54, 1.807) is 0 Å². The normalized spacial score (nSPS) is 16.1. The van der Waals surface area contributed by atoms with Crippen LogP contribution in [0.3, 0.4) is 0 Å². The second-order valence-electron chi connectivity index (χ2n) is 5.18. The molecule has 0 aromatic heterocycles. The van der Waals surface area contributed by atoms with E-state index >= 15 is 0 Å². The number of amides is 2. The highest BCUT2D eigenvalue weighted by Crippen LogP contribution is 2.22. The minimum Gasteiger partial charge on any atom is -0.353 e. The molecule has 20 heavy (non-hydrogen) atoms. The summed E-state index contributed by atoms with van der Waals surface area (Å²) in [4.78, 5) is 25.4. The standard InChI is InChI=1S/C15H19BrN2O2/c1-10-13(4-3-5-14(10)16)15(20)18-8-6-12(7-9-18)17-11(2)19/h3-5,12H,6-9H2,1-2H3,(H,17,19). The Morgan fingerprint density at radius 1 is 1.30 bits per heavy atom. The highest BCUT2D eigenvalue weighted by molar-refractivity contribution is 9.10. The molecule has 0 atom stereocenters. The summed E-state index contributed by atoms with van der Waals surface area (Å²) in [5.74, 6) is 0.0719. The molecule has 0 aliphatic carbocycles. The lowest BCUT2D eigenvalue weighted by Crippen LogP contribution is -2.46. The summed E-state index contributed by atoms with van der Waals surface area (Å²) in [6, 6.07) is 5.88. The Labute approximate surface area is 127 Å². The van der Waals surface area contributed by atoms with Gasteiger partial charge in [-0.3, -0.25) is 9.59 Å². The maximum Gasteiger partial charge on any atom is 0.254 e. The molecule has 2 rings (SSSR count). The summed E-state index contributed by atoms with van der Waals surface area (Å²) >= 11 is 3.46. The third-order valence-corrected chi connectivity index (χ3v) is 4.55. The number of nitrogens with one attached hydrogen (secondary N) is 1. The van der Waals surface area contributed by atoms with Crippen molar-refractivity contribution in [2.45, 2.75) is 32.7 Å². The molecule has 1 heterocycles. The number of piperidine rings is 1. The number of hydrogen-bond donors (Lipinski definition) is 1. The lowest BCUT2D eigenvalue weighted by Gasteiger charge is -2.32. The fourth-order valence-corrected chi connectivity index (χ4v) is 2.89. The highest BCUT2D eigenvalue weighted by Gasteiger charge is 2.25. The van der Waals surface area contributed by atoms with Crippen molar-refractivity contribution in [3.05, 3.63) is 33.8 Å². The van der Waals surface area contributed by atoms with Crippen molar-refractivity contribution < 1.29 is 9.59 Å². The number of likely N-dealkylation sites (tertiary alicyclic amines) is 1. The number of halogens is 1. The zero-order valence-corrected chi connectivity index (χ0v) is 13.4. The van der Waals surface area contributed by atoms with Gasteiger partial charge in [-0.05, 0) is 37.5 Å². The van der Waals surface area contributed by atoms with E-state index in [1.807, 2.05) is 30.0 Å². The molecule has 0 bridgehead atoms. The maximum absolute atomic E-state index is 12.5. The third kappa shape index (κ3) is 3.39. The molecule has 1 aliphatic heterocycles. The number of carbonyl (C=O) groups is 2. The second-order valence-corrected chi connectivity index (χ2v) is 6.03. The van der Waals surface area contributed by atoms with Crippen molar-refractivity contribution in [1.82, 2.24) is 10.2 Å². The van der Waals surface area contributed by atoms with E-state index in [1.165, 1.54) is 6.92 Å². The molecule has 4 nitrogen and oxygen atoms in total. The average molecular weight is 339 g/mol. The van der Waals surface area contributed by atoms with Crippen LogP contribution in [0.25, 0.3) is 0 Å². The summed E-state index contributed by atoms with van der Waals surface area (Å²) in [6.45, 7) is 4.86. The van der Waals surface area contributed by atoms with Crippen LogP contribution in [0.2, 0.25) is 0 Å². The van der Waals surface area contributed by atoms with E-state index in [0.29, 0.717) is 13.1 Å². The SMILES string of the molecule is CC(=O)NC1CCN(C(=O)c2cccc(Br)c2C)CC1. The van der Waals surface area contributed by atoms with Crippen LogP contribution in [0.1, 0.15) is 35.7 Å². The molecule has 1 aromatic carbocycles. The first-order chi connectivity index (χ1) is 9.49. The molecular weight excluding hydrogens is 320 g/mol. The predicted molar refractivity (Wildman–Crippen MR) is 81.6 cm³/mol. The third-order valence-electron chi connectivity index (χ3n) is 3.69. The molecule has 0 radical (unpaired) electrons. The van der Waals surface area contributed by atoms with Gasteiger partial charge in [-0.1, -0.05) is 22.0 Å². The largest absolute Gasteiger partial charge is 0.353 e. The summed E-state index contributed by atoms with van der Waals surface area (Å²) < 4.78 is 0.955. The molecule has 2 amide bonds. The number of rotatable bonds is 2. The Morgan fingerprint density at radius 3 is 2.55 bits per heavy atom. The lowest BCUT2D eigenvalue weighted by molar-refractivity contribution is -0.119. The average Bonchev–Trinajstić information content (AvgIpc) is 2.41. The van der Waals surface area contributed by atoms with Crippen molar-refractivity contribution in [3.8, 4) is 0 Å². The molecule has 1 fully saturated rings. The predicted octanol–water partition coefficient (Wildman–Crippen LogP) is 2.50. The van der Waals surface area contributed by atoms with E-state index < -0.39 is 0 Å². The highest BCUT2D eigenvalue weighted by atomic mass is 79.9. The van der Waals surface area contributed by atoms with Crippen LogP contribution < -0.4 is 5.32 Å². The van der Waals surface area contributed by atoms with Gasteiger partial charge in [-0.15, -0.1) is 0 Å². The fourth-order valence-electron chi connectivity index (χ4n) is 2.52. The number of nitrogens with zero attached hydrogens (tertiary/aromatic N) is 1. The molecule has 5 heteroatoms. The Morgan fingerprint density at radius 2 is 1.95 bits per heavy atom. The molecule has 108 valence electrons. The maximum atomic E-state index is 12.5. The van der Waals surface area contributed by atoms with Gasteiger partial charge in [-0.2, -0.15) is 0 Å². The van der Waals surface area contributed by atoms with Gasteiger partial charge in [0.15, 0.2) is 0 Å². The van der Waals surface area contributed by atoms with Crippen LogP contribution in [0, 0.1) is 6.92 Å². The van der Waals surface area contributed by atoms with Crippen LogP contribution in [-0.4, -0.2) is 35.8 Å². The fraction of sp³-hybridized carbons (Fsp3) is 0.467. The van der Waals surface area contributed by atoms with Crippen molar-refractivity contribution in [1.29, 1.82) is 0 Å². The molecule has 1 N–H and O–H groups in total. The van der Waals surface area contributed by atoms with E-state index in [4.69, 9.17) is 0 Å². The van der Waals surface area contributed by atoms with Gasteiger partial charge < -0.3 is 10.2 Å². The van der Waals surface area contributed by atoms with Gasteiger partial charge in [0.05, 0.1) is 0 Å². The summed E-state index contributed by atoms with van der Waals surface area (Å²) in [7, 11) is 0. The van der Waals surface area contributed by atoms with E-state index in [9.17, 15) is 9.59 Å². The van der Waals surface area contributed by atoms with Crippen molar-refractivity contribution in [3.63, 3.8) is 0 Å². The van der Waals surface area contributed by atoms with Gasteiger partial charge in [0, 0.05) is 36.1 Å². The minimum atomic E-state index is -0.00221. The summed E-state index contributed by atoms with van der Waals surface area (Å²) in [5.41, 5.74) is 1.72. The zero-order chi connectivity index (χ0) is 14.7. The Bertz CT molecular complexity index is 523. The molecule has 0 unspecified atom stereocenters. The summed E-state index contributed by atoms with van der Waals surface area (Å²) in [6.07, 6.45) is 1.64. The minimum absolute atomic E-state index is 0.00221. The monoisotopic (exact) mass is 338 g/mol.